The van der Waals surface area contributed by atoms with Gasteiger partial charge in [0.1, 0.15) is 5.82 Å². The fraction of sp³-hybridized carbons (Fsp3) is 0.615. The Labute approximate surface area is 103 Å². The summed E-state index contributed by atoms with van der Waals surface area (Å²) in [6.07, 6.45) is 4.56. The molecule has 0 aromatic carbocycles. The summed E-state index contributed by atoms with van der Waals surface area (Å²) >= 11 is 0. The van der Waals surface area contributed by atoms with Gasteiger partial charge < -0.3 is 15.0 Å². The number of aromatic nitrogens is 1. The number of methoxy groups -OCH3 is 1. The number of ether oxygens (including phenoxy) is 1. The second kappa shape index (κ2) is 5.98. The van der Waals surface area contributed by atoms with E-state index in [0.29, 0.717) is 6.04 Å². The molecule has 0 radical (unpaired) electrons. The SMILES string of the molecule is COCCNCc1ccc(N(C)C2CC2)nc1. The van der Waals surface area contributed by atoms with Crippen molar-refractivity contribution in [1.29, 1.82) is 0 Å². The first kappa shape index (κ1) is 12.3. The first-order valence-corrected chi connectivity index (χ1v) is 6.18. The summed E-state index contributed by atoms with van der Waals surface area (Å²) in [5.41, 5.74) is 1.22. The van der Waals surface area contributed by atoms with Crippen molar-refractivity contribution < 1.29 is 4.74 Å². The van der Waals surface area contributed by atoms with E-state index in [2.05, 4.69) is 34.4 Å². The zero-order valence-corrected chi connectivity index (χ0v) is 10.6. The first-order valence-electron chi connectivity index (χ1n) is 6.18. The maximum Gasteiger partial charge on any atom is 0.128 e. The van der Waals surface area contributed by atoms with Crippen LogP contribution in [-0.4, -0.2) is 38.3 Å². The van der Waals surface area contributed by atoms with Crippen LogP contribution in [0.3, 0.4) is 0 Å². The summed E-state index contributed by atoms with van der Waals surface area (Å²) in [6.45, 7) is 2.47. The van der Waals surface area contributed by atoms with Gasteiger partial charge in [0, 0.05) is 39.5 Å². The lowest BCUT2D eigenvalue weighted by molar-refractivity contribution is 0.199. The topological polar surface area (TPSA) is 37.4 Å². The zero-order valence-electron chi connectivity index (χ0n) is 10.6. The molecule has 1 aromatic heterocycles. The number of rotatable bonds is 7. The molecule has 1 aromatic rings. The monoisotopic (exact) mass is 235 g/mol. The molecule has 1 saturated carbocycles. The van der Waals surface area contributed by atoms with Gasteiger partial charge in [-0.1, -0.05) is 6.07 Å². The highest BCUT2D eigenvalue weighted by molar-refractivity contribution is 5.41. The second-order valence-electron chi connectivity index (χ2n) is 4.54. The van der Waals surface area contributed by atoms with E-state index >= 15 is 0 Å². The molecule has 0 unspecified atom stereocenters. The van der Waals surface area contributed by atoms with Gasteiger partial charge in [-0.3, -0.25) is 0 Å². The van der Waals surface area contributed by atoms with Crippen LogP contribution in [0.1, 0.15) is 18.4 Å². The fourth-order valence-electron chi connectivity index (χ4n) is 1.79. The highest BCUT2D eigenvalue weighted by Gasteiger charge is 2.26. The van der Waals surface area contributed by atoms with Crippen LogP contribution < -0.4 is 10.2 Å². The molecule has 17 heavy (non-hydrogen) atoms. The standard InChI is InChI=1S/C13H21N3O/c1-16(12-4-5-12)13-6-3-11(10-15-13)9-14-7-8-17-2/h3,6,10,12,14H,4-5,7-9H2,1-2H3. The Morgan fingerprint density at radius 3 is 2.88 bits per heavy atom. The highest BCUT2D eigenvalue weighted by Crippen LogP contribution is 2.28. The number of nitrogens with zero attached hydrogens (tertiary/aromatic N) is 2. The molecule has 0 spiro atoms. The Morgan fingerprint density at radius 2 is 2.29 bits per heavy atom. The summed E-state index contributed by atoms with van der Waals surface area (Å²) < 4.78 is 4.98. The van der Waals surface area contributed by atoms with Crippen molar-refractivity contribution >= 4 is 5.82 Å². The number of pyridine rings is 1. The van der Waals surface area contributed by atoms with Crippen molar-refractivity contribution in [3.05, 3.63) is 23.9 Å². The normalized spacial score (nSPS) is 14.9. The maximum atomic E-state index is 4.98. The van der Waals surface area contributed by atoms with Gasteiger partial charge in [0.15, 0.2) is 0 Å². The third-order valence-corrected chi connectivity index (χ3v) is 3.08. The molecule has 94 valence electrons. The van der Waals surface area contributed by atoms with Gasteiger partial charge in [-0.2, -0.15) is 0 Å². The Bertz CT molecular complexity index is 335. The molecule has 0 saturated heterocycles. The van der Waals surface area contributed by atoms with Crippen molar-refractivity contribution in [2.75, 3.05) is 32.2 Å². The maximum absolute atomic E-state index is 4.98. The molecule has 0 atom stereocenters. The summed E-state index contributed by atoms with van der Waals surface area (Å²) in [5, 5.41) is 3.31. The molecule has 2 rings (SSSR count). The number of nitrogens with one attached hydrogen (secondary N) is 1. The van der Waals surface area contributed by atoms with Crippen molar-refractivity contribution in [3.8, 4) is 0 Å². The van der Waals surface area contributed by atoms with Gasteiger partial charge in [-0.25, -0.2) is 4.98 Å². The van der Waals surface area contributed by atoms with Crippen molar-refractivity contribution in [3.63, 3.8) is 0 Å². The minimum atomic E-state index is 0.716. The zero-order chi connectivity index (χ0) is 12.1. The molecule has 4 heteroatoms. The van der Waals surface area contributed by atoms with Crippen LogP contribution in [0, 0.1) is 0 Å². The molecule has 0 bridgehead atoms. The van der Waals surface area contributed by atoms with E-state index in [1.807, 2.05) is 6.20 Å². The molecule has 0 amide bonds. The Kier molecular flexibility index (Phi) is 4.34. The quantitative estimate of drug-likeness (QED) is 0.725. The van der Waals surface area contributed by atoms with Crippen LogP contribution in [0.2, 0.25) is 0 Å². The molecule has 1 N–H and O–H groups in total. The van der Waals surface area contributed by atoms with Gasteiger partial charge in [0.05, 0.1) is 6.61 Å². The number of hydrogen-bond donors (Lipinski definition) is 1. The number of anilines is 1. The second-order valence-corrected chi connectivity index (χ2v) is 4.54. The first-order chi connectivity index (χ1) is 8.31. The fourth-order valence-corrected chi connectivity index (χ4v) is 1.79. The molecule has 1 aliphatic carbocycles. The van der Waals surface area contributed by atoms with Gasteiger partial charge in [0.25, 0.3) is 0 Å². The van der Waals surface area contributed by atoms with Crippen LogP contribution in [0.25, 0.3) is 0 Å². The molecule has 1 aliphatic rings. The summed E-state index contributed by atoms with van der Waals surface area (Å²) in [4.78, 5) is 6.76. The lowest BCUT2D eigenvalue weighted by atomic mass is 10.2. The van der Waals surface area contributed by atoms with E-state index in [0.717, 1.165) is 25.5 Å². The average molecular weight is 235 g/mol. The van der Waals surface area contributed by atoms with Gasteiger partial charge in [-0.05, 0) is 24.5 Å². The summed E-state index contributed by atoms with van der Waals surface area (Å²) in [5.74, 6) is 1.08. The van der Waals surface area contributed by atoms with Crippen molar-refractivity contribution in [2.24, 2.45) is 0 Å². The Hall–Kier alpha value is -1.13. The smallest absolute Gasteiger partial charge is 0.128 e. The largest absolute Gasteiger partial charge is 0.383 e. The molecule has 0 aliphatic heterocycles. The lowest BCUT2D eigenvalue weighted by Gasteiger charge is -2.17. The third-order valence-electron chi connectivity index (χ3n) is 3.08. The van der Waals surface area contributed by atoms with Gasteiger partial charge in [-0.15, -0.1) is 0 Å². The van der Waals surface area contributed by atoms with Gasteiger partial charge in [0.2, 0.25) is 0 Å². The lowest BCUT2D eigenvalue weighted by Crippen LogP contribution is -2.21. The van der Waals surface area contributed by atoms with E-state index < -0.39 is 0 Å². The molecule has 4 nitrogen and oxygen atoms in total. The van der Waals surface area contributed by atoms with Crippen molar-refractivity contribution in [1.82, 2.24) is 10.3 Å². The Morgan fingerprint density at radius 1 is 1.47 bits per heavy atom. The van der Waals surface area contributed by atoms with Crippen LogP contribution in [0.15, 0.2) is 18.3 Å². The minimum absolute atomic E-state index is 0.716. The van der Waals surface area contributed by atoms with Crippen LogP contribution in [0.5, 0.6) is 0 Å². The van der Waals surface area contributed by atoms with Gasteiger partial charge >= 0.3 is 0 Å². The van der Waals surface area contributed by atoms with E-state index in [-0.39, 0.29) is 0 Å². The predicted molar refractivity (Wildman–Crippen MR) is 69.2 cm³/mol. The van der Waals surface area contributed by atoms with Crippen molar-refractivity contribution in [2.45, 2.75) is 25.4 Å². The van der Waals surface area contributed by atoms with Crippen LogP contribution in [0.4, 0.5) is 5.82 Å². The van der Waals surface area contributed by atoms with E-state index in [1.165, 1.54) is 18.4 Å². The van der Waals surface area contributed by atoms with Crippen LogP contribution >= 0.6 is 0 Å². The minimum Gasteiger partial charge on any atom is -0.383 e. The Balaban J connectivity index is 1.80. The van der Waals surface area contributed by atoms with Crippen LogP contribution in [-0.2, 0) is 11.3 Å². The highest BCUT2D eigenvalue weighted by atomic mass is 16.5. The molecular formula is C13H21N3O. The predicted octanol–water partition coefficient (Wildman–Crippen LogP) is 1.42. The molecular weight excluding hydrogens is 214 g/mol. The van der Waals surface area contributed by atoms with E-state index in [1.54, 1.807) is 7.11 Å². The molecule has 1 fully saturated rings. The summed E-state index contributed by atoms with van der Waals surface area (Å²) in [7, 11) is 3.84. The van der Waals surface area contributed by atoms with E-state index in [4.69, 9.17) is 4.74 Å². The third kappa shape index (κ3) is 3.68. The number of hydrogen-bond acceptors (Lipinski definition) is 4. The summed E-state index contributed by atoms with van der Waals surface area (Å²) in [6, 6.07) is 4.96. The van der Waals surface area contributed by atoms with E-state index in [9.17, 15) is 0 Å². The average Bonchev–Trinajstić information content (AvgIpc) is 3.19. The molecule has 1 heterocycles.